The molecule has 0 aromatic rings. The third-order valence-electron chi connectivity index (χ3n) is 22.9. The standard InChI is InChI=1S/C59H91N3O11/c1-4-10-33-15-17-37-43(21-16-33)73-53-46(37)41(65)14-8-25-59(53,72)54(3,69)44-24-27-58(71)48-49(61-30-32(2)64)51(68)47-38-18-20-39-35(36-19-22-45(60)62-40(36)13-9-28-63)23-26-55(70,31-57(44,58)34-11-6-5-7-12-34)52(48)56(39,47)29-42(66)50(38)67/h19,22-23,26,32-35,37-39,41-47,50,52-53,61-67,69-72H,4-18,20-21,24-25,27-31,60H2,1-3H3/t32-,33+,35+,37+,38+,39+,41-,42-,43+,44+,45?,46+,47-,50+,52+,53+,54+,55+,56+,57-,58+,59+/m0/s1. The Morgan fingerprint density at radius 3 is 2.42 bits per heavy atom. The number of ketones is 1. The molecule has 8 fully saturated rings. The molecule has 2 heterocycles. The van der Waals surface area contributed by atoms with Crippen molar-refractivity contribution in [1.82, 2.24) is 10.6 Å². The summed E-state index contributed by atoms with van der Waals surface area (Å²) >= 11 is 0. The number of carbonyl (C=O) groups excluding carboxylic acids is 1. The van der Waals surface area contributed by atoms with Crippen LogP contribution in [0.1, 0.15) is 162 Å². The van der Waals surface area contributed by atoms with Crippen molar-refractivity contribution in [3.8, 4) is 0 Å². The molecule has 11 aliphatic rings. The van der Waals surface area contributed by atoms with Crippen LogP contribution in [0.3, 0.4) is 0 Å². The summed E-state index contributed by atoms with van der Waals surface area (Å²) in [5.41, 5.74) is -0.980. The minimum atomic E-state index is -1.92. The van der Waals surface area contributed by atoms with Crippen LogP contribution in [0.15, 0.2) is 46.8 Å². The van der Waals surface area contributed by atoms with E-state index in [9.17, 15) is 46.0 Å². The van der Waals surface area contributed by atoms with E-state index in [1.807, 2.05) is 18.2 Å². The van der Waals surface area contributed by atoms with Crippen LogP contribution in [0, 0.1) is 70.0 Å². The van der Waals surface area contributed by atoms with Crippen molar-refractivity contribution >= 4 is 5.78 Å². The summed E-state index contributed by atoms with van der Waals surface area (Å²) in [6.45, 7) is 5.58. The van der Waals surface area contributed by atoms with Crippen molar-refractivity contribution in [2.45, 2.75) is 227 Å². The average Bonchev–Trinajstić information content (AvgIpc) is 3.73. The van der Waals surface area contributed by atoms with Crippen molar-refractivity contribution in [2.24, 2.45) is 75.7 Å². The van der Waals surface area contributed by atoms with Crippen molar-refractivity contribution < 1.29 is 55.5 Å². The Hall–Kier alpha value is -2.21. The molecule has 1 saturated heterocycles. The van der Waals surface area contributed by atoms with Crippen LogP contribution in [0.2, 0.25) is 0 Å². The molecule has 11 rings (SSSR count). The molecule has 2 bridgehead atoms. The van der Waals surface area contributed by atoms with Gasteiger partial charge in [0, 0.05) is 47.9 Å². The fourth-order valence-electron chi connectivity index (χ4n) is 20.3. The van der Waals surface area contributed by atoms with Gasteiger partial charge in [-0.2, -0.15) is 0 Å². The summed E-state index contributed by atoms with van der Waals surface area (Å²) in [5, 5.41) is 122. The lowest BCUT2D eigenvalue weighted by Crippen LogP contribution is -2.76. The molecule has 408 valence electrons. The van der Waals surface area contributed by atoms with Crippen LogP contribution in [-0.2, 0) is 9.53 Å². The number of fused-ring (bicyclic) bond motifs is 5. The van der Waals surface area contributed by atoms with E-state index < -0.39 is 99.5 Å². The first kappa shape index (κ1) is 52.8. The first-order valence-electron chi connectivity index (χ1n) is 29.4. The maximum atomic E-state index is 16.3. The quantitative estimate of drug-likeness (QED) is 0.119. The number of aliphatic hydroxyl groups is 9. The lowest BCUT2D eigenvalue weighted by Gasteiger charge is -2.71. The molecule has 14 heteroatoms. The predicted octanol–water partition coefficient (Wildman–Crippen LogP) is 4.68. The highest BCUT2D eigenvalue weighted by Crippen LogP contribution is 2.79. The summed E-state index contributed by atoms with van der Waals surface area (Å²) in [5.74, 6) is -4.26. The molecule has 9 aliphatic carbocycles. The molecule has 0 aromatic heterocycles. The molecule has 7 saturated carbocycles. The second kappa shape index (κ2) is 19.3. The molecule has 1 unspecified atom stereocenters. The highest BCUT2D eigenvalue weighted by atomic mass is 16.5. The monoisotopic (exact) mass is 1020 g/mol. The van der Waals surface area contributed by atoms with Crippen LogP contribution in [-0.4, -0.2) is 130 Å². The minimum Gasteiger partial charge on any atom is -0.396 e. The molecule has 0 aromatic carbocycles. The lowest BCUT2D eigenvalue weighted by molar-refractivity contribution is -0.282. The molecular formula is C59H91N3O11. The van der Waals surface area contributed by atoms with Gasteiger partial charge in [0.2, 0.25) is 0 Å². The number of Topliss-reactive ketones (excluding diaryl/α,β-unsaturated/α-hetero) is 1. The van der Waals surface area contributed by atoms with E-state index in [-0.39, 0.29) is 86.5 Å². The number of nitrogens with two attached hydrogens (primary N) is 1. The van der Waals surface area contributed by atoms with Crippen LogP contribution in [0.5, 0.6) is 0 Å². The number of nitrogens with one attached hydrogen (secondary N) is 2. The van der Waals surface area contributed by atoms with Crippen molar-refractivity contribution in [1.29, 1.82) is 0 Å². The third-order valence-corrected chi connectivity index (χ3v) is 22.9. The Morgan fingerprint density at radius 2 is 1.68 bits per heavy atom. The SMILES string of the molecule is CCC[C@@H]1CC[C@H]2[C@H]3[C@@H](O[C@@H]2CC1)[C@@](O)([C@](C)(O)[C@H]1CC[C@@]2(O)C4=C(NC[C@H](C)O)C(=O)[C@@H]5[C@H]6CC[C@@H]7[C@@H](C8=C(CCCO)NC(N)C=C8)C=C[C@@](O)(C[C@]12C1CCCCC1)[C@@H]4[C@]75C[C@H](O)[C@@H]6O)CCC[C@@H]3O. The number of hydrogen-bond acceptors (Lipinski definition) is 14. The Morgan fingerprint density at radius 1 is 0.932 bits per heavy atom. The zero-order chi connectivity index (χ0) is 51.6. The molecule has 0 amide bonds. The lowest BCUT2D eigenvalue weighted by atomic mass is 9.34. The first-order chi connectivity index (χ1) is 34.8. The minimum absolute atomic E-state index is 0.0112. The number of aliphatic hydroxyl groups excluding tert-OH is 5. The van der Waals surface area contributed by atoms with E-state index in [0.717, 1.165) is 69.1 Å². The van der Waals surface area contributed by atoms with Crippen LogP contribution in [0.25, 0.3) is 0 Å². The second-order valence-electron chi connectivity index (χ2n) is 26.4. The molecule has 2 aliphatic heterocycles. The normalized spacial score (nSPS) is 49.6. The van der Waals surface area contributed by atoms with E-state index in [1.54, 1.807) is 13.8 Å². The number of ether oxygens (including phenoxy) is 1. The zero-order valence-electron chi connectivity index (χ0n) is 44.0. The topological polar surface area (TPSA) is 258 Å². The number of carbonyl (C=O) groups is 1. The van der Waals surface area contributed by atoms with Gasteiger partial charge in [0.15, 0.2) is 5.78 Å². The summed E-state index contributed by atoms with van der Waals surface area (Å²) in [7, 11) is 0. The summed E-state index contributed by atoms with van der Waals surface area (Å²) in [4.78, 5) is 16.3. The molecule has 1 spiro atoms. The summed E-state index contributed by atoms with van der Waals surface area (Å²) in [6, 6.07) is 0. The molecule has 14 nitrogen and oxygen atoms in total. The van der Waals surface area contributed by atoms with E-state index in [4.69, 9.17) is 10.5 Å². The molecule has 0 radical (unpaired) electrons. The maximum absolute atomic E-state index is 16.3. The van der Waals surface area contributed by atoms with Gasteiger partial charge < -0.3 is 67.1 Å². The van der Waals surface area contributed by atoms with Crippen LogP contribution in [0.4, 0.5) is 0 Å². The number of allylic oxidation sites excluding steroid dienone is 5. The predicted molar refractivity (Wildman–Crippen MR) is 274 cm³/mol. The van der Waals surface area contributed by atoms with Crippen molar-refractivity contribution in [3.05, 3.63) is 46.8 Å². The van der Waals surface area contributed by atoms with Gasteiger partial charge in [0.05, 0.1) is 65.3 Å². The fraction of sp³-hybridized carbons (Fsp3) is 0.847. The fourth-order valence-corrected chi connectivity index (χ4v) is 20.3. The van der Waals surface area contributed by atoms with E-state index in [2.05, 4.69) is 23.6 Å². The first-order valence-corrected chi connectivity index (χ1v) is 29.4. The third kappa shape index (κ3) is 7.72. The zero-order valence-corrected chi connectivity index (χ0v) is 44.0. The smallest absolute Gasteiger partial charge is 0.182 e. The number of hydrogen-bond donors (Lipinski definition) is 12. The highest BCUT2D eigenvalue weighted by molar-refractivity contribution is 6.00. The van der Waals surface area contributed by atoms with Gasteiger partial charge in [-0.15, -0.1) is 0 Å². The van der Waals surface area contributed by atoms with Crippen LogP contribution < -0.4 is 16.4 Å². The molecule has 73 heavy (non-hydrogen) atoms. The molecule has 22 atom stereocenters. The van der Waals surface area contributed by atoms with Gasteiger partial charge in [-0.05, 0) is 175 Å². The van der Waals surface area contributed by atoms with E-state index >= 15 is 4.79 Å². The molecular weight excluding hydrogens is 927 g/mol. The highest BCUT2D eigenvalue weighted by Gasteiger charge is 2.82. The van der Waals surface area contributed by atoms with Gasteiger partial charge in [-0.25, -0.2) is 0 Å². The van der Waals surface area contributed by atoms with Crippen molar-refractivity contribution in [3.63, 3.8) is 0 Å². The Labute approximate surface area is 433 Å². The van der Waals surface area contributed by atoms with Gasteiger partial charge in [-0.3, -0.25) is 4.79 Å². The van der Waals surface area contributed by atoms with E-state index in [1.165, 1.54) is 0 Å². The van der Waals surface area contributed by atoms with E-state index in [0.29, 0.717) is 62.9 Å². The Balaban J connectivity index is 1.12. The molecule has 13 N–H and O–H groups in total. The van der Waals surface area contributed by atoms with Gasteiger partial charge in [0.1, 0.15) is 5.60 Å². The van der Waals surface area contributed by atoms with Gasteiger partial charge >= 0.3 is 0 Å². The summed E-state index contributed by atoms with van der Waals surface area (Å²) < 4.78 is 7.15. The van der Waals surface area contributed by atoms with Crippen LogP contribution >= 0.6 is 0 Å². The maximum Gasteiger partial charge on any atom is 0.182 e. The van der Waals surface area contributed by atoms with Gasteiger partial charge in [-0.1, -0.05) is 63.7 Å². The second-order valence-corrected chi connectivity index (χ2v) is 26.4. The average molecular weight is 1020 g/mol. The summed E-state index contributed by atoms with van der Waals surface area (Å²) in [6.07, 6.45) is 16.4. The Bertz CT molecular complexity index is 2230. The number of dihydropyridines is 1. The van der Waals surface area contributed by atoms with Crippen molar-refractivity contribution in [2.75, 3.05) is 13.2 Å². The Kier molecular flexibility index (Phi) is 14.0. The largest absolute Gasteiger partial charge is 0.396 e. The number of rotatable bonds is 12. The van der Waals surface area contributed by atoms with Gasteiger partial charge in [0.25, 0.3) is 0 Å².